The van der Waals surface area contributed by atoms with Gasteiger partial charge in [0.25, 0.3) is 0 Å². The monoisotopic (exact) mass is 324 g/mol. The number of ether oxygens (including phenoxy) is 1. The van der Waals surface area contributed by atoms with Crippen molar-refractivity contribution in [3.05, 3.63) is 16.1 Å². The van der Waals surface area contributed by atoms with Crippen LogP contribution in [0.1, 0.15) is 0 Å². The molecule has 19 heavy (non-hydrogen) atoms. The fourth-order valence-corrected chi connectivity index (χ4v) is 1.47. The maximum Gasteiger partial charge on any atom is 0.456 e. The zero-order chi connectivity index (χ0) is 14.8. The molecule has 0 fully saturated rings. The second-order valence-corrected chi connectivity index (χ2v) is 4.16. The summed E-state index contributed by atoms with van der Waals surface area (Å²) in [6, 6.07) is 1.11. The molecule has 0 aromatic carbocycles. The van der Waals surface area contributed by atoms with E-state index in [-0.39, 0.29) is 15.9 Å². The summed E-state index contributed by atoms with van der Waals surface area (Å²) < 4.78 is 65.4. The normalized spacial score (nSPS) is 12.4. The van der Waals surface area contributed by atoms with Crippen molar-refractivity contribution in [3.63, 3.8) is 0 Å². The van der Waals surface area contributed by atoms with Gasteiger partial charge in [-0.1, -0.05) is 23.2 Å². The van der Waals surface area contributed by atoms with Crippen LogP contribution in [-0.4, -0.2) is 30.7 Å². The molecular weight excluding hydrogens is 318 g/mol. The summed E-state index contributed by atoms with van der Waals surface area (Å²) in [6.45, 7) is -1.92. The van der Waals surface area contributed by atoms with Crippen LogP contribution >= 0.6 is 23.2 Å². The quantitative estimate of drug-likeness (QED) is 0.850. The van der Waals surface area contributed by atoms with Gasteiger partial charge in [-0.3, -0.25) is 0 Å². The van der Waals surface area contributed by atoms with Crippen molar-refractivity contribution >= 4 is 29.0 Å². The molecule has 1 N–H and O–H groups in total. The lowest BCUT2D eigenvalue weighted by Gasteiger charge is -2.20. The first-order valence-corrected chi connectivity index (χ1v) is 5.45. The summed E-state index contributed by atoms with van der Waals surface area (Å²) in [4.78, 5) is 3.58. The number of nitrogens with zero attached hydrogens (tertiary/aromatic N) is 1. The van der Waals surface area contributed by atoms with Crippen LogP contribution in [0.5, 0.6) is 5.88 Å². The number of hydrogen-bond donors (Lipinski definition) is 1. The van der Waals surface area contributed by atoms with Gasteiger partial charge in [0.15, 0.2) is 6.61 Å². The van der Waals surface area contributed by atoms with Crippen molar-refractivity contribution in [2.24, 2.45) is 0 Å². The van der Waals surface area contributed by atoms with Crippen molar-refractivity contribution in [1.82, 2.24) is 4.98 Å². The van der Waals surface area contributed by atoms with Gasteiger partial charge >= 0.3 is 12.1 Å². The number of nitrogens with one attached hydrogen (secondary N) is 1. The van der Waals surface area contributed by atoms with Crippen LogP contribution in [0.2, 0.25) is 10.0 Å². The summed E-state index contributed by atoms with van der Waals surface area (Å²) >= 11 is 11.2. The van der Waals surface area contributed by atoms with E-state index >= 15 is 0 Å². The smallest absolute Gasteiger partial charge is 0.456 e. The van der Waals surface area contributed by atoms with Gasteiger partial charge in [-0.25, -0.2) is 0 Å². The number of rotatable bonds is 4. The lowest BCUT2D eigenvalue weighted by atomic mass is 10.3. The third-order valence-corrected chi connectivity index (χ3v) is 2.50. The molecule has 0 unspecified atom stereocenters. The van der Waals surface area contributed by atoms with Crippen molar-refractivity contribution in [2.75, 3.05) is 19.0 Å². The highest BCUT2D eigenvalue weighted by Crippen LogP contribution is 2.37. The minimum Gasteiger partial charge on any atom is -0.470 e. The fraction of sp³-hybridized carbons (Fsp3) is 0.444. The van der Waals surface area contributed by atoms with Crippen LogP contribution in [-0.2, 0) is 0 Å². The molecule has 0 spiro atoms. The third kappa shape index (κ3) is 3.73. The van der Waals surface area contributed by atoms with Crippen molar-refractivity contribution in [2.45, 2.75) is 12.1 Å². The van der Waals surface area contributed by atoms with E-state index in [0.29, 0.717) is 0 Å². The van der Waals surface area contributed by atoms with Crippen LogP contribution < -0.4 is 10.1 Å². The summed E-state index contributed by atoms with van der Waals surface area (Å²) in [5, 5.41) is 2.29. The highest BCUT2D eigenvalue weighted by Gasteiger charge is 2.58. The number of aromatic nitrogens is 1. The lowest BCUT2D eigenvalue weighted by molar-refractivity contribution is -0.290. The molecule has 1 aromatic heterocycles. The summed E-state index contributed by atoms with van der Waals surface area (Å²) in [7, 11) is 1.43. The van der Waals surface area contributed by atoms with Gasteiger partial charge in [-0.2, -0.15) is 26.9 Å². The minimum atomic E-state index is -5.71. The molecule has 0 atom stereocenters. The Bertz CT molecular complexity index is 467. The van der Waals surface area contributed by atoms with Crippen LogP contribution in [0.25, 0.3) is 0 Å². The van der Waals surface area contributed by atoms with E-state index in [1.807, 2.05) is 0 Å². The van der Waals surface area contributed by atoms with E-state index in [9.17, 15) is 22.0 Å². The fourth-order valence-electron chi connectivity index (χ4n) is 0.967. The first-order chi connectivity index (χ1) is 8.58. The molecule has 0 bridgehead atoms. The van der Waals surface area contributed by atoms with Gasteiger partial charge in [-0.15, -0.1) is 0 Å². The molecule has 0 aliphatic carbocycles. The van der Waals surface area contributed by atoms with E-state index in [1.54, 1.807) is 0 Å². The maximum absolute atomic E-state index is 12.6. The number of pyridine rings is 1. The van der Waals surface area contributed by atoms with Crippen molar-refractivity contribution in [1.29, 1.82) is 0 Å². The Morgan fingerprint density at radius 1 is 1.21 bits per heavy atom. The Labute approximate surface area is 114 Å². The summed E-state index contributed by atoms with van der Waals surface area (Å²) in [5.41, 5.74) is 0. The Kier molecular flexibility index (Phi) is 4.67. The first kappa shape index (κ1) is 16.0. The van der Waals surface area contributed by atoms with Gasteiger partial charge in [-0.05, 0) is 6.07 Å². The molecule has 0 aliphatic rings. The van der Waals surface area contributed by atoms with Crippen LogP contribution in [0.15, 0.2) is 6.07 Å². The van der Waals surface area contributed by atoms with Gasteiger partial charge in [0, 0.05) is 7.05 Å². The molecule has 1 rings (SSSR count). The van der Waals surface area contributed by atoms with Gasteiger partial charge in [0.2, 0.25) is 5.88 Å². The topological polar surface area (TPSA) is 34.2 Å². The average molecular weight is 325 g/mol. The predicted octanol–water partition coefficient (Wildman–Crippen LogP) is 4.01. The average Bonchev–Trinajstić information content (AvgIpc) is 2.26. The number of alkyl halides is 5. The van der Waals surface area contributed by atoms with E-state index in [0.717, 1.165) is 6.07 Å². The highest BCUT2D eigenvalue weighted by molar-refractivity contribution is 6.36. The lowest BCUT2D eigenvalue weighted by Crippen LogP contribution is -2.41. The summed E-state index contributed by atoms with van der Waals surface area (Å²) in [6.07, 6.45) is -5.71. The SMILES string of the molecule is CNc1nc(OCC(F)(F)C(F)(F)F)c(Cl)cc1Cl. The van der Waals surface area contributed by atoms with E-state index < -0.39 is 24.6 Å². The van der Waals surface area contributed by atoms with E-state index in [1.165, 1.54) is 7.05 Å². The van der Waals surface area contributed by atoms with Crippen LogP contribution in [0.3, 0.4) is 0 Å². The van der Waals surface area contributed by atoms with Gasteiger partial charge in [0.05, 0.1) is 5.02 Å². The largest absolute Gasteiger partial charge is 0.470 e. The zero-order valence-electron chi connectivity index (χ0n) is 9.29. The molecule has 1 aromatic rings. The Balaban J connectivity index is 2.90. The molecule has 0 aliphatic heterocycles. The zero-order valence-corrected chi connectivity index (χ0v) is 10.8. The Morgan fingerprint density at radius 3 is 2.26 bits per heavy atom. The van der Waals surface area contributed by atoms with Crippen LogP contribution in [0.4, 0.5) is 27.8 Å². The summed E-state index contributed by atoms with van der Waals surface area (Å²) in [5.74, 6) is -5.53. The number of hydrogen-bond acceptors (Lipinski definition) is 3. The molecule has 0 amide bonds. The molecule has 0 saturated carbocycles. The highest BCUT2D eigenvalue weighted by atomic mass is 35.5. The standard InChI is InChI=1S/C9H7Cl2F5N2O/c1-17-6-4(10)2-5(11)7(18-6)19-3-8(12,13)9(14,15)16/h2H,3H2,1H3,(H,17,18). The molecule has 1 heterocycles. The van der Waals surface area contributed by atoms with Crippen molar-refractivity contribution < 1.29 is 26.7 Å². The van der Waals surface area contributed by atoms with Crippen molar-refractivity contribution in [3.8, 4) is 5.88 Å². The Morgan fingerprint density at radius 2 is 1.79 bits per heavy atom. The van der Waals surface area contributed by atoms with E-state index in [2.05, 4.69) is 15.0 Å². The maximum atomic E-state index is 12.6. The minimum absolute atomic E-state index is 0.0383. The number of anilines is 1. The number of halogens is 7. The predicted molar refractivity (Wildman–Crippen MR) is 60.3 cm³/mol. The van der Waals surface area contributed by atoms with Crippen LogP contribution in [0, 0.1) is 0 Å². The molecule has 10 heteroatoms. The first-order valence-electron chi connectivity index (χ1n) is 4.69. The van der Waals surface area contributed by atoms with Gasteiger partial charge < -0.3 is 10.1 Å². The second-order valence-electron chi connectivity index (χ2n) is 3.35. The molecule has 3 nitrogen and oxygen atoms in total. The molecular formula is C9H7Cl2F5N2O. The molecule has 0 radical (unpaired) electrons. The van der Waals surface area contributed by atoms with Gasteiger partial charge in [0.1, 0.15) is 10.8 Å². The molecule has 108 valence electrons. The molecule has 0 saturated heterocycles. The van der Waals surface area contributed by atoms with E-state index in [4.69, 9.17) is 23.2 Å². The Hall–Kier alpha value is -1.02. The third-order valence-electron chi connectivity index (χ3n) is 1.94. The second kappa shape index (κ2) is 5.54.